The van der Waals surface area contributed by atoms with Crippen molar-refractivity contribution in [2.45, 2.75) is 39.0 Å². The number of hydrogen-bond acceptors (Lipinski definition) is 4. The smallest absolute Gasteiger partial charge is 0.307 e. The summed E-state index contributed by atoms with van der Waals surface area (Å²) in [6.45, 7) is 6.81. The van der Waals surface area contributed by atoms with Crippen LogP contribution >= 0.6 is 0 Å². The number of ether oxygens (including phenoxy) is 1. The van der Waals surface area contributed by atoms with E-state index in [1.165, 1.54) is 7.11 Å². The molecule has 2 N–H and O–H groups in total. The SMILES string of the molecule is COC(=O)CCNC(=O)CCNC(=O)c1ccc(C(C)(C)C)cc1. The van der Waals surface area contributed by atoms with Crippen molar-refractivity contribution in [3.63, 3.8) is 0 Å². The van der Waals surface area contributed by atoms with Gasteiger partial charge in [0.2, 0.25) is 5.91 Å². The van der Waals surface area contributed by atoms with Crippen LogP contribution in [0, 0.1) is 0 Å². The zero-order chi connectivity index (χ0) is 18.2. The summed E-state index contributed by atoms with van der Waals surface area (Å²) < 4.78 is 4.48. The molecule has 24 heavy (non-hydrogen) atoms. The van der Waals surface area contributed by atoms with Gasteiger partial charge in [-0.3, -0.25) is 14.4 Å². The van der Waals surface area contributed by atoms with Crippen LogP contribution in [0.3, 0.4) is 0 Å². The fourth-order valence-corrected chi connectivity index (χ4v) is 2.01. The van der Waals surface area contributed by atoms with Crippen molar-refractivity contribution in [1.29, 1.82) is 0 Å². The maximum absolute atomic E-state index is 12.0. The van der Waals surface area contributed by atoms with Gasteiger partial charge in [-0.2, -0.15) is 0 Å². The van der Waals surface area contributed by atoms with Gasteiger partial charge < -0.3 is 15.4 Å². The molecule has 0 saturated carbocycles. The molecule has 6 nitrogen and oxygen atoms in total. The van der Waals surface area contributed by atoms with Crippen molar-refractivity contribution >= 4 is 17.8 Å². The molecule has 1 rings (SSSR count). The second kappa shape index (κ2) is 9.05. The topological polar surface area (TPSA) is 84.5 Å². The number of nitrogens with one attached hydrogen (secondary N) is 2. The number of amides is 2. The van der Waals surface area contributed by atoms with Crippen LogP contribution in [0.1, 0.15) is 49.5 Å². The van der Waals surface area contributed by atoms with Crippen LogP contribution in [0.2, 0.25) is 0 Å². The second-order valence-corrected chi connectivity index (χ2v) is 6.51. The van der Waals surface area contributed by atoms with Gasteiger partial charge in [0.05, 0.1) is 13.5 Å². The first kappa shape index (κ1) is 19.7. The van der Waals surface area contributed by atoms with Crippen LogP contribution in [0.15, 0.2) is 24.3 Å². The lowest BCUT2D eigenvalue weighted by Crippen LogP contribution is -2.31. The fraction of sp³-hybridized carbons (Fsp3) is 0.500. The summed E-state index contributed by atoms with van der Waals surface area (Å²) in [5, 5.41) is 5.30. The quantitative estimate of drug-likeness (QED) is 0.745. The highest BCUT2D eigenvalue weighted by Gasteiger charge is 2.14. The molecule has 6 heteroatoms. The summed E-state index contributed by atoms with van der Waals surface area (Å²) in [5.74, 6) is -0.803. The van der Waals surface area contributed by atoms with Crippen LogP contribution in [0.4, 0.5) is 0 Å². The van der Waals surface area contributed by atoms with Crippen LogP contribution in [-0.4, -0.2) is 38.0 Å². The molecule has 0 aliphatic heterocycles. The average Bonchev–Trinajstić information content (AvgIpc) is 2.53. The summed E-state index contributed by atoms with van der Waals surface area (Å²) in [5.41, 5.74) is 1.76. The monoisotopic (exact) mass is 334 g/mol. The third-order valence-corrected chi connectivity index (χ3v) is 3.53. The summed E-state index contributed by atoms with van der Waals surface area (Å²) in [6, 6.07) is 7.45. The van der Waals surface area contributed by atoms with Gasteiger partial charge in [-0.25, -0.2) is 0 Å². The highest BCUT2D eigenvalue weighted by atomic mass is 16.5. The van der Waals surface area contributed by atoms with Gasteiger partial charge in [0, 0.05) is 25.1 Å². The lowest BCUT2D eigenvalue weighted by molar-refractivity contribution is -0.140. The van der Waals surface area contributed by atoms with Gasteiger partial charge in [0.15, 0.2) is 0 Å². The lowest BCUT2D eigenvalue weighted by atomic mass is 9.87. The Balaban J connectivity index is 2.33. The first-order valence-electron chi connectivity index (χ1n) is 7.96. The van der Waals surface area contributed by atoms with E-state index in [4.69, 9.17) is 0 Å². The van der Waals surface area contributed by atoms with E-state index in [0.29, 0.717) is 5.56 Å². The molecule has 0 heterocycles. The summed E-state index contributed by atoms with van der Waals surface area (Å²) in [6.07, 6.45) is 0.293. The van der Waals surface area contributed by atoms with Crippen molar-refractivity contribution in [2.75, 3.05) is 20.2 Å². The molecule has 0 saturated heterocycles. The Labute approximate surface area is 143 Å². The third-order valence-electron chi connectivity index (χ3n) is 3.53. The van der Waals surface area contributed by atoms with E-state index in [1.54, 1.807) is 12.1 Å². The normalized spacial score (nSPS) is 10.8. The van der Waals surface area contributed by atoms with Crippen molar-refractivity contribution in [3.8, 4) is 0 Å². The third kappa shape index (κ3) is 6.81. The molecule has 0 atom stereocenters. The number of carbonyl (C=O) groups excluding carboxylic acids is 3. The molecule has 0 spiro atoms. The van der Waals surface area contributed by atoms with Crippen molar-refractivity contribution in [3.05, 3.63) is 35.4 Å². The van der Waals surface area contributed by atoms with E-state index in [9.17, 15) is 14.4 Å². The Morgan fingerprint density at radius 1 is 0.958 bits per heavy atom. The Kier molecular flexibility index (Phi) is 7.42. The molecule has 0 aliphatic rings. The van der Waals surface area contributed by atoms with Crippen LogP contribution in [0.25, 0.3) is 0 Å². The molecular weight excluding hydrogens is 308 g/mol. The Morgan fingerprint density at radius 2 is 1.54 bits per heavy atom. The lowest BCUT2D eigenvalue weighted by Gasteiger charge is -2.19. The number of carbonyl (C=O) groups is 3. The maximum atomic E-state index is 12.0. The largest absolute Gasteiger partial charge is 0.469 e. The Bertz CT molecular complexity index is 574. The first-order valence-corrected chi connectivity index (χ1v) is 7.96. The predicted octanol–water partition coefficient (Wildman–Crippen LogP) is 1.78. The van der Waals surface area contributed by atoms with E-state index in [0.717, 1.165) is 5.56 Å². The first-order chi connectivity index (χ1) is 11.2. The van der Waals surface area contributed by atoms with Crippen molar-refractivity contribution < 1.29 is 19.1 Å². The molecular formula is C18H26N2O4. The standard InChI is InChI=1S/C18H26N2O4/c1-18(2,3)14-7-5-13(6-8-14)17(23)20-11-9-15(21)19-12-10-16(22)24-4/h5-8H,9-12H2,1-4H3,(H,19,21)(H,20,23). The number of methoxy groups -OCH3 is 1. The zero-order valence-electron chi connectivity index (χ0n) is 14.8. The average molecular weight is 334 g/mol. The molecule has 0 unspecified atom stereocenters. The number of hydrogen-bond donors (Lipinski definition) is 2. The Morgan fingerprint density at radius 3 is 2.08 bits per heavy atom. The molecule has 0 radical (unpaired) electrons. The number of esters is 1. The van der Waals surface area contributed by atoms with Gasteiger partial charge in [0.25, 0.3) is 5.91 Å². The second-order valence-electron chi connectivity index (χ2n) is 6.51. The molecule has 0 fully saturated rings. The summed E-state index contributed by atoms with van der Waals surface area (Å²) in [7, 11) is 1.30. The molecule has 2 amide bonds. The van der Waals surface area contributed by atoms with Gasteiger partial charge in [-0.1, -0.05) is 32.9 Å². The summed E-state index contributed by atoms with van der Waals surface area (Å²) in [4.78, 5) is 34.5. The van der Waals surface area contributed by atoms with Crippen LogP contribution < -0.4 is 10.6 Å². The van der Waals surface area contributed by atoms with Crippen LogP contribution in [0.5, 0.6) is 0 Å². The minimum atomic E-state index is -0.373. The zero-order valence-corrected chi connectivity index (χ0v) is 14.8. The molecule has 0 aliphatic carbocycles. The highest BCUT2D eigenvalue weighted by Crippen LogP contribution is 2.22. The molecule has 0 aromatic heterocycles. The maximum Gasteiger partial charge on any atom is 0.307 e. The highest BCUT2D eigenvalue weighted by molar-refractivity contribution is 5.94. The Hall–Kier alpha value is -2.37. The molecule has 0 bridgehead atoms. The predicted molar refractivity (Wildman–Crippen MR) is 91.7 cm³/mol. The molecule has 1 aromatic rings. The van der Waals surface area contributed by atoms with Crippen LogP contribution in [-0.2, 0) is 19.7 Å². The fourth-order valence-electron chi connectivity index (χ4n) is 2.01. The van der Waals surface area contributed by atoms with Gasteiger partial charge in [-0.15, -0.1) is 0 Å². The number of rotatable bonds is 7. The van der Waals surface area contributed by atoms with E-state index < -0.39 is 0 Å². The van der Waals surface area contributed by atoms with E-state index in [-0.39, 0.29) is 49.1 Å². The van der Waals surface area contributed by atoms with E-state index in [2.05, 4.69) is 36.1 Å². The van der Waals surface area contributed by atoms with Gasteiger partial charge in [-0.05, 0) is 23.1 Å². The van der Waals surface area contributed by atoms with Gasteiger partial charge >= 0.3 is 5.97 Å². The molecule has 132 valence electrons. The van der Waals surface area contributed by atoms with Crippen molar-refractivity contribution in [2.24, 2.45) is 0 Å². The van der Waals surface area contributed by atoms with Gasteiger partial charge in [0.1, 0.15) is 0 Å². The minimum absolute atomic E-state index is 0.0390. The number of benzene rings is 1. The minimum Gasteiger partial charge on any atom is -0.469 e. The van der Waals surface area contributed by atoms with E-state index in [1.807, 2.05) is 12.1 Å². The van der Waals surface area contributed by atoms with E-state index >= 15 is 0 Å². The van der Waals surface area contributed by atoms with Crippen molar-refractivity contribution in [1.82, 2.24) is 10.6 Å². The summed E-state index contributed by atoms with van der Waals surface area (Å²) >= 11 is 0. The molecule has 1 aromatic carbocycles.